The third kappa shape index (κ3) is 4.08. The van der Waals surface area contributed by atoms with E-state index in [1.165, 1.54) is 43.2 Å². The molecule has 1 aliphatic carbocycles. The van der Waals surface area contributed by atoms with Gasteiger partial charge in [-0.3, -0.25) is 0 Å². The predicted octanol–water partition coefficient (Wildman–Crippen LogP) is 12.2. The first-order valence-electron chi connectivity index (χ1n) is 17.2. The van der Waals surface area contributed by atoms with E-state index in [1.54, 1.807) is 0 Å². The van der Waals surface area contributed by atoms with Gasteiger partial charge in [0.1, 0.15) is 11.2 Å². The minimum Gasteiger partial charge on any atom is -0.456 e. The summed E-state index contributed by atoms with van der Waals surface area (Å²) in [4.78, 5) is 12.8. The Kier molecular flexibility index (Phi) is 6.10. The molecule has 0 fully saturated rings. The third-order valence-corrected chi connectivity index (χ3v) is 11.7. The number of hydrogen-bond acceptors (Lipinski definition) is 4. The molecule has 2 aromatic heterocycles. The van der Waals surface area contributed by atoms with Crippen molar-refractivity contribution in [3.8, 4) is 45.0 Å². The van der Waals surface area contributed by atoms with E-state index >= 15 is 0 Å². The quantitative estimate of drug-likeness (QED) is 0.188. The summed E-state index contributed by atoms with van der Waals surface area (Å²) in [5.74, 6) is 0.695. The van der Waals surface area contributed by atoms with Crippen LogP contribution in [0.1, 0.15) is 22.3 Å². The Hall–Kier alpha value is -6.23. The van der Waals surface area contributed by atoms with Gasteiger partial charge in [-0.1, -0.05) is 151 Å². The highest BCUT2D eigenvalue weighted by atomic mass is 32.2. The van der Waals surface area contributed by atoms with E-state index in [0.717, 1.165) is 50.0 Å². The van der Waals surface area contributed by atoms with Crippen molar-refractivity contribution in [2.24, 2.45) is 0 Å². The summed E-state index contributed by atoms with van der Waals surface area (Å²) < 4.78 is 6.73. The number of benzene rings is 7. The Labute approximate surface area is 299 Å². The molecule has 0 radical (unpaired) electrons. The maximum absolute atomic E-state index is 6.73. The van der Waals surface area contributed by atoms with Gasteiger partial charge in [-0.05, 0) is 63.7 Å². The molecule has 0 amide bonds. The lowest BCUT2D eigenvalue weighted by molar-refractivity contribution is 0.664. The van der Waals surface area contributed by atoms with Crippen molar-refractivity contribution in [2.75, 3.05) is 0 Å². The van der Waals surface area contributed by atoms with Gasteiger partial charge in [0.2, 0.25) is 0 Å². The highest BCUT2D eigenvalue weighted by molar-refractivity contribution is 7.99. The van der Waals surface area contributed by atoms with E-state index in [4.69, 9.17) is 14.4 Å². The number of furan rings is 1. The second kappa shape index (κ2) is 10.9. The first kappa shape index (κ1) is 28.6. The molecule has 1 spiro atoms. The van der Waals surface area contributed by atoms with Crippen LogP contribution in [0.5, 0.6) is 0 Å². The molecule has 0 unspecified atom stereocenters. The standard InChI is InChI=1S/C47H28N2OS/c1-3-14-29(15-4-1)39-27-40(49-46(48-39)30-16-5-2-6-17-30)33-20-13-24-41-45(33)34-26-38-44(28-42(34)50-41)51-43-25-12-11-23-37(43)47(38)35-21-9-7-18-31(35)32-19-8-10-22-36(32)47/h1-28H. The van der Waals surface area contributed by atoms with Crippen molar-refractivity contribution < 1.29 is 4.42 Å². The molecular formula is C47H28N2OS. The van der Waals surface area contributed by atoms with Crippen LogP contribution in [0.4, 0.5) is 0 Å². The molecule has 0 bridgehead atoms. The van der Waals surface area contributed by atoms with Crippen LogP contribution in [0.3, 0.4) is 0 Å². The molecule has 0 saturated heterocycles. The van der Waals surface area contributed by atoms with Gasteiger partial charge in [-0.15, -0.1) is 0 Å². The van der Waals surface area contributed by atoms with Crippen molar-refractivity contribution in [3.63, 3.8) is 0 Å². The van der Waals surface area contributed by atoms with E-state index in [1.807, 2.05) is 36.0 Å². The van der Waals surface area contributed by atoms with E-state index in [9.17, 15) is 0 Å². The summed E-state index contributed by atoms with van der Waals surface area (Å²) in [7, 11) is 0. The smallest absolute Gasteiger partial charge is 0.160 e. The fraction of sp³-hybridized carbons (Fsp3) is 0.0213. The van der Waals surface area contributed by atoms with E-state index in [2.05, 4.69) is 146 Å². The van der Waals surface area contributed by atoms with E-state index < -0.39 is 5.41 Å². The Morgan fingerprint density at radius 2 is 1.04 bits per heavy atom. The zero-order chi connectivity index (χ0) is 33.5. The fourth-order valence-corrected chi connectivity index (χ4v) is 9.65. The number of hydrogen-bond donors (Lipinski definition) is 0. The summed E-state index contributed by atoms with van der Waals surface area (Å²) in [6.45, 7) is 0. The monoisotopic (exact) mass is 668 g/mol. The normalized spacial score (nSPS) is 13.6. The highest BCUT2D eigenvalue weighted by Gasteiger charge is 2.50. The molecule has 51 heavy (non-hydrogen) atoms. The van der Waals surface area contributed by atoms with Crippen molar-refractivity contribution in [3.05, 3.63) is 192 Å². The topological polar surface area (TPSA) is 38.9 Å². The van der Waals surface area contributed by atoms with E-state index in [0.29, 0.717) is 5.82 Å². The molecule has 1 aliphatic heterocycles. The molecule has 0 atom stereocenters. The summed E-state index contributed by atoms with van der Waals surface area (Å²) in [6.07, 6.45) is 0. The van der Waals surface area contributed by atoms with Crippen LogP contribution >= 0.6 is 11.8 Å². The number of fused-ring (bicyclic) bond motifs is 12. The molecule has 3 heterocycles. The Bertz CT molecular complexity index is 2740. The second-order valence-corrected chi connectivity index (χ2v) is 14.3. The maximum Gasteiger partial charge on any atom is 0.160 e. The average Bonchev–Trinajstić information content (AvgIpc) is 3.71. The number of rotatable bonds is 3. The first-order valence-corrected chi connectivity index (χ1v) is 18.1. The minimum atomic E-state index is -0.465. The lowest BCUT2D eigenvalue weighted by atomic mass is 9.67. The van der Waals surface area contributed by atoms with Crippen LogP contribution in [-0.4, -0.2) is 9.97 Å². The predicted molar refractivity (Wildman–Crippen MR) is 207 cm³/mol. The number of aromatic nitrogens is 2. The van der Waals surface area contributed by atoms with Gasteiger partial charge in [0.15, 0.2) is 5.82 Å². The van der Waals surface area contributed by atoms with Gasteiger partial charge in [0.05, 0.1) is 16.8 Å². The molecule has 11 rings (SSSR count). The third-order valence-electron chi connectivity index (χ3n) is 10.6. The SMILES string of the molecule is c1ccc(-c2cc(-c3cccc4oc5cc6c(cc5c34)C3(c4ccccc4S6)c4ccccc4-c4ccccc43)nc(-c3ccccc3)n2)cc1. The summed E-state index contributed by atoms with van der Waals surface area (Å²) >= 11 is 1.84. The molecule has 3 nitrogen and oxygen atoms in total. The van der Waals surface area contributed by atoms with Gasteiger partial charge < -0.3 is 4.42 Å². The second-order valence-electron chi connectivity index (χ2n) is 13.3. The van der Waals surface area contributed by atoms with Crippen LogP contribution in [-0.2, 0) is 5.41 Å². The van der Waals surface area contributed by atoms with Gasteiger partial charge in [0.25, 0.3) is 0 Å². The Morgan fingerprint density at radius 3 is 1.78 bits per heavy atom. The molecular weight excluding hydrogens is 641 g/mol. The molecule has 4 heteroatoms. The van der Waals surface area contributed by atoms with Crippen molar-refractivity contribution >= 4 is 33.7 Å². The lowest BCUT2D eigenvalue weighted by Gasteiger charge is -2.39. The van der Waals surface area contributed by atoms with Crippen molar-refractivity contribution in [1.82, 2.24) is 9.97 Å². The number of nitrogens with zero attached hydrogens (tertiary/aromatic N) is 2. The molecule has 238 valence electrons. The van der Waals surface area contributed by atoms with Gasteiger partial charge >= 0.3 is 0 Å². The maximum atomic E-state index is 6.73. The van der Waals surface area contributed by atoms with E-state index in [-0.39, 0.29) is 0 Å². The molecule has 0 saturated carbocycles. The summed E-state index contributed by atoms with van der Waals surface area (Å²) in [5, 5.41) is 2.15. The van der Waals surface area contributed by atoms with Crippen LogP contribution in [0.15, 0.2) is 184 Å². The van der Waals surface area contributed by atoms with Gasteiger partial charge in [0, 0.05) is 37.3 Å². The summed E-state index contributed by atoms with van der Waals surface area (Å²) in [6, 6.07) is 60.5. The Morgan fingerprint density at radius 1 is 0.431 bits per heavy atom. The molecule has 0 N–H and O–H groups in total. The fourth-order valence-electron chi connectivity index (χ4n) is 8.45. The largest absolute Gasteiger partial charge is 0.456 e. The van der Waals surface area contributed by atoms with Gasteiger partial charge in [-0.25, -0.2) is 9.97 Å². The zero-order valence-electron chi connectivity index (χ0n) is 27.4. The van der Waals surface area contributed by atoms with Crippen LogP contribution in [0, 0.1) is 0 Å². The lowest BCUT2D eigenvalue weighted by Crippen LogP contribution is -2.31. The Balaban J connectivity index is 1.22. The molecule has 7 aromatic carbocycles. The van der Waals surface area contributed by atoms with Crippen LogP contribution in [0.2, 0.25) is 0 Å². The highest BCUT2D eigenvalue weighted by Crippen LogP contribution is 2.62. The summed E-state index contributed by atoms with van der Waals surface area (Å²) in [5.41, 5.74) is 13.9. The van der Waals surface area contributed by atoms with Crippen molar-refractivity contribution in [2.45, 2.75) is 15.2 Å². The van der Waals surface area contributed by atoms with Crippen LogP contribution in [0.25, 0.3) is 67.0 Å². The molecule has 2 aliphatic rings. The first-order chi connectivity index (χ1) is 25.3. The van der Waals surface area contributed by atoms with Crippen LogP contribution < -0.4 is 0 Å². The minimum absolute atomic E-state index is 0.465. The van der Waals surface area contributed by atoms with Gasteiger partial charge in [-0.2, -0.15) is 0 Å². The molecule has 9 aromatic rings. The van der Waals surface area contributed by atoms with Crippen molar-refractivity contribution in [1.29, 1.82) is 0 Å². The average molecular weight is 669 g/mol. The zero-order valence-corrected chi connectivity index (χ0v) is 28.2.